The Morgan fingerprint density at radius 2 is 2.38 bits per heavy atom. The number of ether oxygens (including phenoxy) is 3. The lowest BCUT2D eigenvalue weighted by molar-refractivity contribution is -0.161. The number of aryl methyl sites for hydroxylation is 1. The number of carbonyl (C=O) groups excluding carboxylic acids is 2. The Morgan fingerprint density at radius 3 is 3.17 bits per heavy atom. The molecule has 1 atom stereocenters. The zero-order valence-corrected chi connectivity index (χ0v) is 14.4. The maximum absolute atomic E-state index is 11.9. The van der Waals surface area contributed by atoms with E-state index in [-0.39, 0.29) is 13.2 Å². The van der Waals surface area contributed by atoms with E-state index in [9.17, 15) is 9.59 Å². The molecule has 6 nitrogen and oxygen atoms in total. The van der Waals surface area contributed by atoms with Gasteiger partial charge in [0.2, 0.25) is 6.10 Å². The Morgan fingerprint density at radius 1 is 1.50 bits per heavy atom. The number of fused-ring (bicyclic) bond motifs is 3. The Balaban J connectivity index is 1.54. The number of esters is 2. The van der Waals surface area contributed by atoms with Crippen molar-refractivity contribution < 1.29 is 23.8 Å². The van der Waals surface area contributed by atoms with Gasteiger partial charge in [-0.25, -0.2) is 14.6 Å². The highest BCUT2D eigenvalue weighted by Gasteiger charge is 2.30. The number of carbonyl (C=O) groups is 2. The SMILES string of the molecule is Cc1nc2c(cc(OCC(=O)O[C@H]3CCOC3=O)c3ccsc32)s1. The first-order valence-electron chi connectivity index (χ1n) is 7.38. The van der Waals surface area contributed by atoms with Gasteiger partial charge < -0.3 is 14.2 Å². The van der Waals surface area contributed by atoms with Gasteiger partial charge in [-0.1, -0.05) is 0 Å². The first kappa shape index (κ1) is 15.3. The monoisotopic (exact) mass is 363 g/mol. The van der Waals surface area contributed by atoms with Crippen LogP contribution in [0.3, 0.4) is 0 Å². The summed E-state index contributed by atoms with van der Waals surface area (Å²) in [6.07, 6.45) is -0.417. The van der Waals surface area contributed by atoms with E-state index >= 15 is 0 Å². The molecule has 0 saturated carbocycles. The molecule has 0 N–H and O–H groups in total. The van der Waals surface area contributed by atoms with Crippen LogP contribution in [0.5, 0.6) is 5.75 Å². The Bertz CT molecular complexity index is 945. The number of cyclic esters (lactones) is 1. The fourth-order valence-corrected chi connectivity index (χ4v) is 4.45. The first-order valence-corrected chi connectivity index (χ1v) is 9.07. The van der Waals surface area contributed by atoms with Gasteiger partial charge in [0.25, 0.3) is 0 Å². The van der Waals surface area contributed by atoms with E-state index in [0.717, 1.165) is 25.3 Å². The minimum absolute atomic E-state index is 0.252. The molecule has 0 amide bonds. The number of hydrogen-bond donors (Lipinski definition) is 0. The molecule has 1 fully saturated rings. The molecule has 3 heterocycles. The summed E-state index contributed by atoms with van der Waals surface area (Å²) in [6.45, 7) is 2.00. The van der Waals surface area contributed by atoms with E-state index in [0.29, 0.717) is 12.2 Å². The van der Waals surface area contributed by atoms with Crippen LogP contribution in [0.2, 0.25) is 0 Å². The third-order valence-electron chi connectivity index (χ3n) is 3.67. The molecule has 124 valence electrons. The number of benzene rings is 1. The van der Waals surface area contributed by atoms with Gasteiger partial charge in [0, 0.05) is 17.9 Å². The molecule has 0 unspecified atom stereocenters. The minimum Gasteiger partial charge on any atom is -0.481 e. The van der Waals surface area contributed by atoms with Crippen molar-refractivity contribution in [1.29, 1.82) is 0 Å². The average Bonchev–Trinajstić information content (AvgIpc) is 3.24. The number of hydrogen-bond acceptors (Lipinski definition) is 8. The molecule has 2 aromatic heterocycles. The molecule has 1 aliphatic rings. The summed E-state index contributed by atoms with van der Waals surface area (Å²) in [5.74, 6) is -0.457. The highest BCUT2D eigenvalue weighted by molar-refractivity contribution is 7.21. The van der Waals surface area contributed by atoms with Crippen molar-refractivity contribution in [2.75, 3.05) is 13.2 Å². The van der Waals surface area contributed by atoms with E-state index in [1.807, 2.05) is 24.4 Å². The van der Waals surface area contributed by atoms with Gasteiger partial charge in [0.15, 0.2) is 6.61 Å². The molecule has 0 spiro atoms. The molecule has 1 saturated heterocycles. The summed E-state index contributed by atoms with van der Waals surface area (Å²) < 4.78 is 17.6. The fourth-order valence-electron chi connectivity index (χ4n) is 2.62. The molecule has 8 heteroatoms. The number of thiophene rings is 1. The topological polar surface area (TPSA) is 74.7 Å². The molecular weight excluding hydrogens is 350 g/mol. The summed E-state index contributed by atoms with van der Waals surface area (Å²) >= 11 is 3.18. The first-order chi connectivity index (χ1) is 11.6. The van der Waals surface area contributed by atoms with Crippen molar-refractivity contribution in [2.24, 2.45) is 0 Å². The van der Waals surface area contributed by atoms with Crippen LogP contribution in [0.4, 0.5) is 0 Å². The number of aromatic nitrogens is 1. The van der Waals surface area contributed by atoms with E-state index in [4.69, 9.17) is 14.2 Å². The Kier molecular flexibility index (Phi) is 3.85. The zero-order valence-electron chi connectivity index (χ0n) is 12.7. The van der Waals surface area contributed by atoms with Crippen molar-refractivity contribution in [2.45, 2.75) is 19.4 Å². The van der Waals surface area contributed by atoms with Crippen LogP contribution < -0.4 is 4.74 Å². The van der Waals surface area contributed by atoms with E-state index in [2.05, 4.69) is 4.98 Å². The van der Waals surface area contributed by atoms with Gasteiger partial charge in [-0.3, -0.25) is 0 Å². The summed E-state index contributed by atoms with van der Waals surface area (Å²) in [7, 11) is 0. The Labute approximate surface area is 145 Å². The van der Waals surface area contributed by atoms with Crippen molar-refractivity contribution in [1.82, 2.24) is 4.98 Å². The average molecular weight is 363 g/mol. The van der Waals surface area contributed by atoms with Gasteiger partial charge in [-0.15, -0.1) is 22.7 Å². The lowest BCUT2D eigenvalue weighted by Crippen LogP contribution is -2.26. The second kappa shape index (κ2) is 6.03. The molecule has 1 aliphatic heterocycles. The predicted molar refractivity (Wildman–Crippen MR) is 90.7 cm³/mol. The molecule has 3 aromatic rings. The number of rotatable bonds is 4. The summed E-state index contributed by atoms with van der Waals surface area (Å²) in [5.41, 5.74) is 0.964. The highest BCUT2D eigenvalue weighted by atomic mass is 32.1. The van der Waals surface area contributed by atoms with E-state index in [1.165, 1.54) is 0 Å². The lowest BCUT2D eigenvalue weighted by atomic mass is 10.2. The minimum atomic E-state index is -0.811. The van der Waals surface area contributed by atoms with Gasteiger partial charge >= 0.3 is 11.9 Å². The van der Waals surface area contributed by atoms with Crippen LogP contribution in [-0.2, 0) is 19.1 Å². The highest BCUT2D eigenvalue weighted by Crippen LogP contribution is 2.38. The van der Waals surface area contributed by atoms with Crippen LogP contribution in [0, 0.1) is 6.92 Å². The summed E-state index contributed by atoms with van der Waals surface area (Å²) in [6, 6.07) is 3.84. The van der Waals surface area contributed by atoms with Gasteiger partial charge in [0.1, 0.15) is 5.75 Å². The molecule has 4 rings (SSSR count). The van der Waals surface area contributed by atoms with Crippen LogP contribution in [-0.4, -0.2) is 36.2 Å². The van der Waals surface area contributed by atoms with Crippen molar-refractivity contribution >= 4 is 54.9 Å². The third kappa shape index (κ3) is 2.71. The maximum atomic E-state index is 11.9. The largest absolute Gasteiger partial charge is 0.481 e. The molecular formula is C16H13NO5S2. The molecule has 0 aliphatic carbocycles. The normalized spacial score (nSPS) is 17.4. The predicted octanol–water partition coefficient (Wildman–Crippen LogP) is 3.06. The quantitative estimate of drug-likeness (QED) is 0.663. The second-order valence-electron chi connectivity index (χ2n) is 5.34. The van der Waals surface area contributed by atoms with Gasteiger partial charge in [0.05, 0.1) is 26.5 Å². The van der Waals surface area contributed by atoms with E-state index < -0.39 is 18.0 Å². The zero-order chi connectivity index (χ0) is 16.7. The van der Waals surface area contributed by atoms with Crippen molar-refractivity contribution in [3.05, 3.63) is 22.5 Å². The van der Waals surface area contributed by atoms with Crippen molar-refractivity contribution in [3.63, 3.8) is 0 Å². The lowest BCUT2D eigenvalue weighted by Gasteiger charge is -2.10. The smallest absolute Gasteiger partial charge is 0.347 e. The van der Waals surface area contributed by atoms with Crippen LogP contribution in [0.25, 0.3) is 20.3 Å². The van der Waals surface area contributed by atoms with Crippen LogP contribution >= 0.6 is 22.7 Å². The fraction of sp³-hybridized carbons (Fsp3) is 0.312. The molecule has 24 heavy (non-hydrogen) atoms. The van der Waals surface area contributed by atoms with Gasteiger partial charge in [-0.05, 0) is 18.4 Å². The second-order valence-corrected chi connectivity index (χ2v) is 7.49. The molecule has 0 bridgehead atoms. The Hall–Kier alpha value is -2.19. The van der Waals surface area contributed by atoms with Crippen molar-refractivity contribution in [3.8, 4) is 5.75 Å². The van der Waals surface area contributed by atoms with Gasteiger partial charge in [-0.2, -0.15) is 0 Å². The number of nitrogens with zero attached hydrogens (tertiary/aromatic N) is 1. The van der Waals surface area contributed by atoms with Crippen LogP contribution in [0.1, 0.15) is 11.4 Å². The number of thiazole rings is 1. The molecule has 1 aromatic carbocycles. The van der Waals surface area contributed by atoms with E-state index in [1.54, 1.807) is 22.7 Å². The standard InChI is InChI=1S/C16H13NO5S2/c1-8-17-14-12(24-8)6-11(9-3-5-23-15(9)14)21-7-13(18)22-10-2-4-20-16(10)19/h3,5-6,10H,2,4,7H2,1H3/t10-/m0/s1. The maximum Gasteiger partial charge on any atom is 0.347 e. The van der Waals surface area contributed by atoms with Crippen LogP contribution in [0.15, 0.2) is 17.5 Å². The summed E-state index contributed by atoms with van der Waals surface area (Å²) in [4.78, 5) is 27.8. The third-order valence-corrected chi connectivity index (χ3v) is 5.51. The molecule has 0 radical (unpaired) electrons. The summed E-state index contributed by atoms with van der Waals surface area (Å²) in [5, 5.41) is 3.88.